The second-order valence-electron chi connectivity index (χ2n) is 3.27. The standard InChI is InChI=1S/C11H13N3O2/c15-9-10-8-12-13-14(10)6-7-16-11-4-2-1-3-5-11/h1-5,8,15H,6-7,9H2. The van der Waals surface area contributed by atoms with Gasteiger partial charge in [0.1, 0.15) is 12.4 Å². The first-order valence-corrected chi connectivity index (χ1v) is 5.06. The Labute approximate surface area is 93.3 Å². The van der Waals surface area contributed by atoms with Crippen LogP contribution in [-0.4, -0.2) is 26.7 Å². The highest BCUT2D eigenvalue weighted by Crippen LogP contribution is 2.08. The molecule has 1 N–H and O–H groups in total. The number of hydrogen-bond acceptors (Lipinski definition) is 4. The summed E-state index contributed by atoms with van der Waals surface area (Å²) in [5.74, 6) is 0.827. The first kappa shape index (κ1) is 10.6. The molecule has 0 amide bonds. The molecule has 0 spiro atoms. The summed E-state index contributed by atoms with van der Waals surface area (Å²) in [5.41, 5.74) is 0.691. The average molecular weight is 219 g/mol. The van der Waals surface area contributed by atoms with Gasteiger partial charge in [0.2, 0.25) is 0 Å². The summed E-state index contributed by atoms with van der Waals surface area (Å²) in [5, 5.41) is 16.5. The largest absolute Gasteiger partial charge is 0.492 e. The number of benzene rings is 1. The first-order valence-electron chi connectivity index (χ1n) is 5.06. The topological polar surface area (TPSA) is 60.2 Å². The van der Waals surface area contributed by atoms with Gasteiger partial charge in [0.25, 0.3) is 0 Å². The average Bonchev–Trinajstić information content (AvgIpc) is 2.78. The van der Waals surface area contributed by atoms with Gasteiger partial charge in [-0.2, -0.15) is 0 Å². The smallest absolute Gasteiger partial charge is 0.119 e. The third-order valence-electron chi connectivity index (χ3n) is 2.17. The summed E-state index contributed by atoms with van der Waals surface area (Å²) >= 11 is 0. The molecule has 5 heteroatoms. The highest BCUT2D eigenvalue weighted by atomic mass is 16.5. The lowest BCUT2D eigenvalue weighted by atomic mass is 10.3. The van der Waals surface area contributed by atoms with Crippen LogP contribution in [0.15, 0.2) is 36.5 Å². The second-order valence-corrected chi connectivity index (χ2v) is 3.27. The van der Waals surface area contributed by atoms with Crippen LogP contribution in [0.1, 0.15) is 5.69 Å². The molecule has 1 aromatic carbocycles. The van der Waals surface area contributed by atoms with E-state index in [1.807, 2.05) is 30.3 Å². The molecule has 0 fully saturated rings. The number of para-hydroxylation sites is 1. The maximum absolute atomic E-state index is 8.98. The molecule has 0 unspecified atom stereocenters. The zero-order valence-electron chi connectivity index (χ0n) is 8.78. The van der Waals surface area contributed by atoms with Gasteiger partial charge in [-0.05, 0) is 12.1 Å². The van der Waals surface area contributed by atoms with Crippen molar-refractivity contribution in [2.45, 2.75) is 13.2 Å². The highest BCUT2D eigenvalue weighted by Gasteiger charge is 2.01. The highest BCUT2D eigenvalue weighted by molar-refractivity contribution is 5.20. The van der Waals surface area contributed by atoms with Gasteiger partial charge in [-0.3, -0.25) is 0 Å². The van der Waals surface area contributed by atoms with E-state index in [2.05, 4.69) is 10.3 Å². The molecule has 0 saturated carbocycles. The van der Waals surface area contributed by atoms with Crippen molar-refractivity contribution in [2.75, 3.05) is 6.61 Å². The molecule has 0 aliphatic heterocycles. The fraction of sp³-hybridized carbons (Fsp3) is 0.273. The molecule has 0 radical (unpaired) electrons. The van der Waals surface area contributed by atoms with Crippen LogP contribution in [-0.2, 0) is 13.2 Å². The van der Waals surface area contributed by atoms with Gasteiger partial charge in [0.05, 0.1) is 25.0 Å². The predicted molar refractivity (Wildman–Crippen MR) is 57.9 cm³/mol. The number of rotatable bonds is 5. The zero-order chi connectivity index (χ0) is 11.2. The van der Waals surface area contributed by atoms with Crippen LogP contribution in [0.5, 0.6) is 5.75 Å². The molecule has 0 aliphatic carbocycles. The Morgan fingerprint density at radius 1 is 1.25 bits per heavy atom. The lowest BCUT2D eigenvalue weighted by Crippen LogP contribution is -2.12. The van der Waals surface area contributed by atoms with Crippen molar-refractivity contribution in [3.05, 3.63) is 42.2 Å². The van der Waals surface area contributed by atoms with Crippen molar-refractivity contribution in [1.82, 2.24) is 15.0 Å². The van der Waals surface area contributed by atoms with Gasteiger partial charge in [-0.15, -0.1) is 5.10 Å². The van der Waals surface area contributed by atoms with E-state index in [1.165, 1.54) is 0 Å². The maximum Gasteiger partial charge on any atom is 0.119 e. The van der Waals surface area contributed by atoms with Gasteiger partial charge < -0.3 is 9.84 Å². The molecule has 0 aliphatic rings. The fourth-order valence-corrected chi connectivity index (χ4v) is 1.36. The van der Waals surface area contributed by atoms with Crippen LogP contribution >= 0.6 is 0 Å². The van der Waals surface area contributed by atoms with Crippen LogP contribution in [0.25, 0.3) is 0 Å². The van der Waals surface area contributed by atoms with E-state index in [9.17, 15) is 0 Å². The van der Waals surface area contributed by atoms with Gasteiger partial charge in [0, 0.05) is 0 Å². The summed E-state index contributed by atoms with van der Waals surface area (Å²) in [6, 6.07) is 9.57. The van der Waals surface area contributed by atoms with Gasteiger partial charge in [-0.1, -0.05) is 23.4 Å². The molecule has 1 aromatic heterocycles. The van der Waals surface area contributed by atoms with Crippen LogP contribution < -0.4 is 4.74 Å². The molecule has 84 valence electrons. The Balaban J connectivity index is 1.85. The lowest BCUT2D eigenvalue weighted by molar-refractivity contribution is 0.252. The van der Waals surface area contributed by atoms with E-state index in [-0.39, 0.29) is 6.61 Å². The Morgan fingerprint density at radius 2 is 2.06 bits per heavy atom. The van der Waals surface area contributed by atoms with Crippen molar-refractivity contribution in [3.63, 3.8) is 0 Å². The van der Waals surface area contributed by atoms with Crippen molar-refractivity contribution in [3.8, 4) is 5.75 Å². The maximum atomic E-state index is 8.98. The van der Waals surface area contributed by atoms with E-state index < -0.39 is 0 Å². The van der Waals surface area contributed by atoms with E-state index >= 15 is 0 Å². The summed E-state index contributed by atoms with van der Waals surface area (Å²) in [6.07, 6.45) is 1.54. The number of aliphatic hydroxyl groups is 1. The second kappa shape index (κ2) is 5.27. The minimum atomic E-state index is -0.0572. The van der Waals surface area contributed by atoms with Gasteiger partial charge >= 0.3 is 0 Å². The zero-order valence-corrected chi connectivity index (χ0v) is 8.78. The number of ether oxygens (including phenoxy) is 1. The van der Waals surface area contributed by atoms with E-state index in [1.54, 1.807) is 10.9 Å². The Hall–Kier alpha value is -1.88. The monoisotopic (exact) mass is 219 g/mol. The summed E-state index contributed by atoms with van der Waals surface area (Å²) in [7, 11) is 0. The Kier molecular flexibility index (Phi) is 3.50. The predicted octanol–water partition coefficient (Wildman–Crippen LogP) is 0.849. The normalized spacial score (nSPS) is 10.3. The molecule has 0 atom stereocenters. The molecule has 5 nitrogen and oxygen atoms in total. The number of nitrogens with zero attached hydrogens (tertiary/aromatic N) is 3. The minimum absolute atomic E-state index is 0.0572. The molecular formula is C11H13N3O2. The first-order chi connectivity index (χ1) is 7.90. The quantitative estimate of drug-likeness (QED) is 0.809. The minimum Gasteiger partial charge on any atom is -0.492 e. The van der Waals surface area contributed by atoms with Crippen molar-refractivity contribution in [1.29, 1.82) is 0 Å². The van der Waals surface area contributed by atoms with Crippen molar-refractivity contribution >= 4 is 0 Å². The molecular weight excluding hydrogens is 206 g/mol. The Morgan fingerprint density at radius 3 is 2.81 bits per heavy atom. The SMILES string of the molecule is OCc1cnnn1CCOc1ccccc1. The third-order valence-corrected chi connectivity index (χ3v) is 2.17. The number of aliphatic hydroxyl groups excluding tert-OH is 1. The fourth-order valence-electron chi connectivity index (χ4n) is 1.36. The van der Waals surface area contributed by atoms with Crippen molar-refractivity contribution < 1.29 is 9.84 Å². The van der Waals surface area contributed by atoms with E-state index in [0.29, 0.717) is 18.8 Å². The number of aromatic nitrogens is 3. The molecule has 2 rings (SSSR count). The van der Waals surface area contributed by atoms with Crippen molar-refractivity contribution in [2.24, 2.45) is 0 Å². The van der Waals surface area contributed by atoms with Crippen LogP contribution in [0.3, 0.4) is 0 Å². The summed E-state index contributed by atoms with van der Waals surface area (Å²) < 4.78 is 7.14. The van der Waals surface area contributed by atoms with Gasteiger partial charge in [-0.25, -0.2) is 4.68 Å². The van der Waals surface area contributed by atoms with Gasteiger partial charge in [0.15, 0.2) is 0 Å². The van der Waals surface area contributed by atoms with Crippen LogP contribution in [0.4, 0.5) is 0 Å². The molecule has 2 aromatic rings. The molecule has 1 heterocycles. The number of hydrogen-bond donors (Lipinski definition) is 1. The molecule has 16 heavy (non-hydrogen) atoms. The Bertz CT molecular complexity index is 428. The van der Waals surface area contributed by atoms with Crippen LogP contribution in [0, 0.1) is 0 Å². The molecule has 0 bridgehead atoms. The summed E-state index contributed by atoms with van der Waals surface area (Å²) in [6.45, 7) is 1.02. The lowest BCUT2D eigenvalue weighted by Gasteiger charge is -2.06. The van der Waals surface area contributed by atoms with E-state index in [0.717, 1.165) is 5.75 Å². The molecule has 0 saturated heterocycles. The summed E-state index contributed by atoms with van der Waals surface area (Å²) in [4.78, 5) is 0. The third kappa shape index (κ3) is 2.58. The van der Waals surface area contributed by atoms with Crippen LogP contribution in [0.2, 0.25) is 0 Å². The van der Waals surface area contributed by atoms with E-state index in [4.69, 9.17) is 9.84 Å².